The Kier molecular flexibility index (Phi) is 2.87. The van der Waals surface area contributed by atoms with Crippen LogP contribution in [-0.2, 0) is 0 Å². The zero-order valence-electron chi connectivity index (χ0n) is 6.68. The van der Waals surface area contributed by atoms with Crippen molar-refractivity contribution in [2.75, 3.05) is 0 Å². The lowest BCUT2D eigenvalue weighted by molar-refractivity contribution is 0.188. The molecule has 0 radical (unpaired) electrons. The second kappa shape index (κ2) is 3.59. The lowest BCUT2D eigenvalue weighted by Crippen LogP contribution is -1.99. The van der Waals surface area contributed by atoms with E-state index in [1.165, 1.54) is 6.92 Å². The van der Waals surface area contributed by atoms with E-state index in [1.54, 1.807) is 0 Å². The number of hydrogen-bond donors (Lipinski definition) is 2. The number of phenols is 1. The lowest BCUT2D eigenvalue weighted by atomic mass is 10.1. The first-order valence-electron chi connectivity index (χ1n) is 3.49. The number of rotatable bonds is 1. The molecule has 13 heavy (non-hydrogen) atoms. The predicted octanol–water partition coefficient (Wildman–Crippen LogP) is 2.49. The van der Waals surface area contributed by atoms with Gasteiger partial charge in [-0.05, 0) is 28.9 Å². The number of aromatic hydroxyl groups is 1. The molecule has 0 aliphatic rings. The van der Waals surface area contributed by atoms with Crippen LogP contribution in [0.2, 0.25) is 0 Å². The van der Waals surface area contributed by atoms with Gasteiger partial charge in [0.1, 0.15) is 5.82 Å². The third-order valence-electron chi connectivity index (χ3n) is 1.60. The van der Waals surface area contributed by atoms with Crippen molar-refractivity contribution in [1.82, 2.24) is 0 Å². The van der Waals surface area contributed by atoms with Gasteiger partial charge in [-0.3, -0.25) is 0 Å². The highest BCUT2D eigenvalue weighted by molar-refractivity contribution is 9.10. The third kappa shape index (κ3) is 1.81. The first-order valence-corrected chi connectivity index (χ1v) is 4.29. The molecule has 1 unspecified atom stereocenters. The topological polar surface area (TPSA) is 40.5 Å². The van der Waals surface area contributed by atoms with Gasteiger partial charge in [0, 0.05) is 0 Å². The SMILES string of the molecule is CC(O)c1c(O)c(F)cc(Br)c1F. The summed E-state index contributed by atoms with van der Waals surface area (Å²) in [5, 5.41) is 18.1. The molecule has 0 saturated heterocycles. The molecule has 1 aromatic rings. The summed E-state index contributed by atoms with van der Waals surface area (Å²) in [5.41, 5.74) is -0.438. The largest absolute Gasteiger partial charge is 0.504 e. The van der Waals surface area contributed by atoms with Crippen molar-refractivity contribution in [2.24, 2.45) is 0 Å². The third-order valence-corrected chi connectivity index (χ3v) is 2.18. The van der Waals surface area contributed by atoms with Crippen molar-refractivity contribution in [1.29, 1.82) is 0 Å². The molecule has 0 saturated carbocycles. The van der Waals surface area contributed by atoms with Gasteiger partial charge in [-0.25, -0.2) is 8.78 Å². The average Bonchev–Trinajstić information content (AvgIpc) is 2.01. The zero-order chi connectivity index (χ0) is 10.2. The second-order valence-corrected chi connectivity index (χ2v) is 3.45. The van der Waals surface area contributed by atoms with Gasteiger partial charge in [0.25, 0.3) is 0 Å². The maximum Gasteiger partial charge on any atom is 0.166 e. The standard InChI is InChI=1S/C8H7BrF2O2/c1-3(12)6-7(11)4(9)2-5(10)8(6)13/h2-3,12-13H,1H3. The first-order chi connectivity index (χ1) is 5.95. The molecule has 72 valence electrons. The van der Waals surface area contributed by atoms with Crippen molar-refractivity contribution >= 4 is 15.9 Å². The van der Waals surface area contributed by atoms with Crippen LogP contribution in [0.4, 0.5) is 8.78 Å². The Morgan fingerprint density at radius 1 is 1.46 bits per heavy atom. The van der Waals surface area contributed by atoms with Crippen molar-refractivity contribution in [3.8, 4) is 5.75 Å². The Morgan fingerprint density at radius 3 is 2.46 bits per heavy atom. The molecule has 5 heteroatoms. The molecule has 1 aromatic carbocycles. The van der Waals surface area contributed by atoms with Gasteiger partial charge in [-0.15, -0.1) is 0 Å². The van der Waals surface area contributed by atoms with Gasteiger partial charge in [0.15, 0.2) is 11.6 Å². The van der Waals surface area contributed by atoms with Gasteiger partial charge in [-0.2, -0.15) is 0 Å². The Balaban J connectivity index is 3.46. The number of aliphatic hydroxyl groups excluding tert-OH is 1. The first kappa shape index (κ1) is 10.4. The molecular weight excluding hydrogens is 246 g/mol. The van der Waals surface area contributed by atoms with E-state index in [2.05, 4.69) is 15.9 Å². The van der Waals surface area contributed by atoms with Crippen LogP contribution in [0.25, 0.3) is 0 Å². The summed E-state index contributed by atoms with van der Waals surface area (Å²) in [6.07, 6.45) is -1.26. The van der Waals surface area contributed by atoms with E-state index in [0.29, 0.717) is 0 Å². The van der Waals surface area contributed by atoms with Gasteiger partial charge in [-0.1, -0.05) is 0 Å². The minimum Gasteiger partial charge on any atom is -0.504 e. The smallest absolute Gasteiger partial charge is 0.166 e. The van der Waals surface area contributed by atoms with Crippen molar-refractivity contribution in [2.45, 2.75) is 13.0 Å². The summed E-state index contributed by atoms with van der Waals surface area (Å²) < 4.78 is 25.9. The van der Waals surface area contributed by atoms with E-state index in [1.807, 2.05) is 0 Å². The maximum absolute atomic E-state index is 13.2. The number of aliphatic hydroxyl groups is 1. The summed E-state index contributed by atoms with van der Waals surface area (Å²) in [6.45, 7) is 1.24. The van der Waals surface area contributed by atoms with Crippen molar-refractivity contribution in [3.05, 3.63) is 27.7 Å². The summed E-state index contributed by atoms with van der Waals surface area (Å²) in [4.78, 5) is 0. The summed E-state index contributed by atoms with van der Waals surface area (Å²) in [7, 11) is 0. The maximum atomic E-state index is 13.2. The molecule has 0 amide bonds. The molecule has 2 nitrogen and oxygen atoms in total. The van der Waals surface area contributed by atoms with Crippen LogP contribution in [0, 0.1) is 11.6 Å². The Labute approximate surface area is 81.9 Å². The van der Waals surface area contributed by atoms with Gasteiger partial charge in [0.05, 0.1) is 16.1 Å². The van der Waals surface area contributed by atoms with Crippen molar-refractivity contribution in [3.63, 3.8) is 0 Å². The fourth-order valence-corrected chi connectivity index (χ4v) is 1.40. The highest BCUT2D eigenvalue weighted by Gasteiger charge is 2.20. The minimum absolute atomic E-state index is 0.126. The summed E-state index contributed by atoms with van der Waals surface area (Å²) >= 11 is 2.76. The monoisotopic (exact) mass is 252 g/mol. The summed E-state index contributed by atoms with van der Waals surface area (Å²) in [5.74, 6) is -2.67. The van der Waals surface area contributed by atoms with Gasteiger partial charge >= 0.3 is 0 Å². The quantitative estimate of drug-likeness (QED) is 0.755. The molecule has 0 bridgehead atoms. The van der Waals surface area contributed by atoms with Crippen LogP contribution in [0.3, 0.4) is 0 Å². The van der Waals surface area contributed by atoms with Crippen molar-refractivity contribution < 1.29 is 19.0 Å². The molecular formula is C8H7BrF2O2. The number of phenolic OH excluding ortho intramolecular Hbond substituents is 1. The molecule has 1 atom stereocenters. The second-order valence-electron chi connectivity index (χ2n) is 2.59. The van der Waals surface area contributed by atoms with E-state index < -0.39 is 29.1 Å². The van der Waals surface area contributed by atoms with E-state index in [-0.39, 0.29) is 4.47 Å². The summed E-state index contributed by atoms with van der Waals surface area (Å²) in [6, 6.07) is 0.802. The molecule has 0 heterocycles. The Hall–Kier alpha value is -0.680. The van der Waals surface area contributed by atoms with Crippen LogP contribution >= 0.6 is 15.9 Å². The highest BCUT2D eigenvalue weighted by atomic mass is 79.9. The molecule has 0 aliphatic heterocycles. The normalized spacial score (nSPS) is 13.0. The Bertz CT molecular complexity index is 313. The predicted molar refractivity (Wildman–Crippen MR) is 46.4 cm³/mol. The number of hydrogen-bond acceptors (Lipinski definition) is 2. The zero-order valence-corrected chi connectivity index (χ0v) is 8.27. The molecule has 0 aromatic heterocycles. The van der Waals surface area contributed by atoms with Crippen LogP contribution in [0.1, 0.15) is 18.6 Å². The van der Waals surface area contributed by atoms with E-state index in [0.717, 1.165) is 6.07 Å². The van der Waals surface area contributed by atoms with Gasteiger partial charge in [0.2, 0.25) is 0 Å². The van der Waals surface area contributed by atoms with Crippen LogP contribution in [0.5, 0.6) is 5.75 Å². The molecule has 0 fully saturated rings. The van der Waals surface area contributed by atoms with Crippen LogP contribution < -0.4 is 0 Å². The average molecular weight is 253 g/mol. The van der Waals surface area contributed by atoms with Crippen LogP contribution in [-0.4, -0.2) is 10.2 Å². The fourth-order valence-electron chi connectivity index (χ4n) is 0.985. The van der Waals surface area contributed by atoms with E-state index >= 15 is 0 Å². The highest BCUT2D eigenvalue weighted by Crippen LogP contribution is 2.33. The lowest BCUT2D eigenvalue weighted by Gasteiger charge is -2.10. The minimum atomic E-state index is -1.26. The number of benzene rings is 1. The number of halogens is 3. The van der Waals surface area contributed by atoms with E-state index in [9.17, 15) is 8.78 Å². The van der Waals surface area contributed by atoms with E-state index in [4.69, 9.17) is 10.2 Å². The molecule has 0 spiro atoms. The fraction of sp³-hybridized carbons (Fsp3) is 0.250. The Morgan fingerprint density at radius 2 is 2.00 bits per heavy atom. The molecule has 1 rings (SSSR count). The molecule has 0 aliphatic carbocycles. The molecule has 2 N–H and O–H groups in total. The van der Waals surface area contributed by atoms with Crippen LogP contribution in [0.15, 0.2) is 10.5 Å². The van der Waals surface area contributed by atoms with Gasteiger partial charge < -0.3 is 10.2 Å².